The minimum atomic E-state index is -4.56. The Hall–Kier alpha value is -4.43. The Morgan fingerprint density at radius 1 is 1.04 bits per heavy atom. The number of rotatable bonds is 10. The molecule has 276 valence electrons. The molecule has 14 heteroatoms. The van der Waals surface area contributed by atoms with Crippen LogP contribution in [0.1, 0.15) is 42.7 Å². The molecule has 0 atom stereocenters. The van der Waals surface area contributed by atoms with E-state index in [2.05, 4.69) is 37.5 Å². The number of benzene rings is 2. The SMILES string of the molecule is C=CC(=O)N1CC2(CCN(c3nc(N4CCN(CCOC)CC4)nc4c(OCC(F)(F)F)c(-c5c(C)ccc6[nH]ncc56)c(C5CC5)cc34)CC2)C1. The maximum absolute atomic E-state index is 14.1. The first-order valence-electron chi connectivity index (χ1n) is 18.2. The molecule has 2 aromatic carbocycles. The van der Waals surface area contributed by atoms with Gasteiger partial charge >= 0.3 is 6.18 Å². The van der Waals surface area contributed by atoms with Gasteiger partial charge in [0.1, 0.15) is 11.3 Å². The largest absolute Gasteiger partial charge is 0.481 e. The lowest BCUT2D eigenvalue weighted by Crippen LogP contribution is -2.61. The van der Waals surface area contributed by atoms with Gasteiger partial charge in [0.15, 0.2) is 12.4 Å². The lowest BCUT2D eigenvalue weighted by Gasteiger charge is -2.54. The van der Waals surface area contributed by atoms with Crippen LogP contribution in [0, 0.1) is 12.3 Å². The Balaban J connectivity index is 1.28. The predicted molar refractivity (Wildman–Crippen MR) is 194 cm³/mol. The van der Waals surface area contributed by atoms with E-state index in [0.29, 0.717) is 68.3 Å². The summed E-state index contributed by atoms with van der Waals surface area (Å²) in [4.78, 5) is 31.2. The van der Waals surface area contributed by atoms with Gasteiger partial charge in [-0.05, 0) is 73.4 Å². The molecule has 52 heavy (non-hydrogen) atoms. The number of ether oxygens (including phenoxy) is 2. The van der Waals surface area contributed by atoms with Gasteiger partial charge in [-0.15, -0.1) is 0 Å². The first-order chi connectivity index (χ1) is 25.1. The van der Waals surface area contributed by atoms with Gasteiger partial charge in [0.05, 0.1) is 18.3 Å². The average molecular weight is 719 g/mol. The van der Waals surface area contributed by atoms with Crippen LogP contribution < -0.4 is 14.5 Å². The number of aromatic amines is 1. The highest BCUT2D eigenvalue weighted by Crippen LogP contribution is 2.53. The number of alkyl halides is 3. The van der Waals surface area contributed by atoms with E-state index in [0.717, 1.165) is 78.7 Å². The molecule has 0 radical (unpaired) electrons. The molecule has 1 aliphatic carbocycles. The third kappa shape index (κ3) is 6.55. The molecule has 1 amide bonds. The molecule has 11 nitrogen and oxygen atoms in total. The number of halogens is 3. The smallest absolute Gasteiger partial charge is 0.422 e. The number of piperazine rings is 1. The third-order valence-electron chi connectivity index (χ3n) is 11.4. The normalized spacial score (nSPS) is 19.4. The first kappa shape index (κ1) is 34.6. The van der Waals surface area contributed by atoms with Crippen LogP contribution in [0.3, 0.4) is 0 Å². The highest BCUT2D eigenvalue weighted by Gasteiger charge is 2.46. The van der Waals surface area contributed by atoms with Crippen LogP contribution in [-0.2, 0) is 9.53 Å². The summed E-state index contributed by atoms with van der Waals surface area (Å²) in [6.45, 7) is 11.4. The lowest BCUT2D eigenvalue weighted by atomic mass is 9.72. The zero-order chi connectivity index (χ0) is 36.2. The highest BCUT2D eigenvalue weighted by molar-refractivity contribution is 6.06. The lowest BCUT2D eigenvalue weighted by molar-refractivity contribution is -0.153. The van der Waals surface area contributed by atoms with Crippen LogP contribution in [0.15, 0.2) is 37.1 Å². The molecule has 5 heterocycles. The zero-order valence-corrected chi connectivity index (χ0v) is 29.8. The van der Waals surface area contributed by atoms with Gasteiger partial charge in [-0.2, -0.15) is 23.3 Å². The molecule has 4 fully saturated rings. The number of hydrogen-bond donors (Lipinski definition) is 1. The van der Waals surface area contributed by atoms with Crippen LogP contribution in [-0.4, -0.2) is 121 Å². The Labute approximate surface area is 300 Å². The number of nitrogens with one attached hydrogen (secondary N) is 1. The number of piperidine rings is 1. The number of likely N-dealkylation sites (tertiary alicyclic amines) is 1. The summed E-state index contributed by atoms with van der Waals surface area (Å²) >= 11 is 0. The molecule has 1 spiro atoms. The van der Waals surface area contributed by atoms with Crippen molar-refractivity contribution in [1.82, 2.24) is 30.0 Å². The summed E-state index contributed by atoms with van der Waals surface area (Å²) in [5.74, 6) is 1.48. The molecule has 3 saturated heterocycles. The number of carbonyl (C=O) groups excluding carboxylic acids is 1. The van der Waals surface area contributed by atoms with E-state index in [1.807, 2.05) is 24.0 Å². The quantitative estimate of drug-likeness (QED) is 0.208. The number of nitrogens with zero attached hydrogens (tertiary/aromatic N) is 7. The fraction of sp³-hybridized carbons (Fsp3) is 0.526. The van der Waals surface area contributed by atoms with Gasteiger partial charge in [0, 0.05) is 87.8 Å². The maximum Gasteiger partial charge on any atom is 0.422 e. The average Bonchev–Trinajstić information content (AvgIpc) is 3.87. The summed E-state index contributed by atoms with van der Waals surface area (Å²) in [6, 6.07) is 6.04. The van der Waals surface area contributed by atoms with Crippen molar-refractivity contribution in [2.45, 2.75) is 44.7 Å². The number of methoxy groups -OCH3 is 1. The van der Waals surface area contributed by atoms with Crippen molar-refractivity contribution in [2.24, 2.45) is 5.41 Å². The summed E-state index contributed by atoms with van der Waals surface area (Å²) < 4.78 is 53.5. The minimum absolute atomic E-state index is 0.0436. The van der Waals surface area contributed by atoms with E-state index in [4.69, 9.17) is 19.4 Å². The topological polar surface area (TPSA) is 103 Å². The van der Waals surface area contributed by atoms with Gasteiger partial charge in [-0.25, -0.2) is 4.98 Å². The van der Waals surface area contributed by atoms with E-state index >= 15 is 0 Å². The number of aryl methyl sites for hydroxylation is 1. The number of aromatic nitrogens is 4. The molecular weight excluding hydrogens is 673 g/mol. The fourth-order valence-electron chi connectivity index (χ4n) is 8.29. The highest BCUT2D eigenvalue weighted by atomic mass is 19.4. The van der Waals surface area contributed by atoms with Gasteiger partial charge in [-0.3, -0.25) is 14.8 Å². The van der Waals surface area contributed by atoms with Crippen LogP contribution in [0.5, 0.6) is 5.75 Å². The van der Waals surface area contributed by atoms with E-state index in [1.54, 1.807) is 13.3 Å². The van der Waals surface area contributed by atoms with Crippen molar-refractivity contribution >= 4 is 39.5 Å². The standard InChI is InChI=1S/C38H45F3N8O3/c1-4-30(50)49-21-37(22-49)9-11-47(12-10-37)35-27-19-26(25-6-7-25)32(31-24(2)5-8-29-28(31)20-42-45-29)34(52-23-38(39,40)41)33(27)43-36(44-35)48-15-13-46(14-16-48)17-18-51-3/h4-5,8,19-20,25H,1,6-7,9-18,21-23H2,2-3H3,(H,42,45). The fourth-order valence-corrected chi connectivity index (χ4v) is 8.29. The maximum atomic E-state index is 14.1. The third-order valence-corrected chi connectivity index (χ3v) is 11.4. The molecule has 4 aromatic rings. The molecule has 1 N–H and O–H groups in total. The molecule has 8 rings (SSSR count). The molecular formula is C38H45F3N8O3. The summed E-state index contributed by atoms with van der Waals surface area (Å²) in [5.41, 5.74) is 4.57. The number of hydrogen-bond acceptors (Lipinski definition) is 9. The molecule has 2 aromatic heterocycles. The van der Waals surface area contributed by atoms with Gasteiger partial charge in [-0.1, -0.05) is 12.6 Å². The minimum Gasteiger partial charge on any atom is -0.481 e. The molecule has 3 aliphatic heterocycles. The number of fused-ring (bicyclic) bond motifs is 2. The summed E-state index contributed by atoms with van der Waals surface area (Å²) in [5, 5.41) is 8.85. The second kappa shape index (κ2) is 13.5. The zero-order valence-electron chi connectivity index (χ0n) is 29.8. The van der Waals surface area contributed by atoms with Gasteiger partial charge in [0.2, 0.25) is 11.9 Å². The second-order valence-corrected chi connectivity index (χ2v) is 14.9. The van der Waals surface area contributed by atoms with Crippen LogP contribution in [0.4, 0.5) is 24.9 Å². The molecule has 0 unspecified atom stereocenters. The van der Waals surface area contributed by atoms with Crippen molar-refractivity contribution in [2.75, 3.05) is 89.0 Å². The summed E-state index contributed by atoms with van der Waals surface area (Å²) in [6.07, 6.45) is 2.17. The first-order valence-corrected chi connectivity index (χ1v) is 18.2. The van der Waals surface area contributed by atoms with Crippen molar-refractivity contribution in [3.8, 4) is 16.9 Å². The number of amides is 1. The Morgan fingerprint density at radius 3 is 2.46 bits per heavy atom. The van der Waals surface area contributed by atoms with E-state index in [-0.39, 0.29) is 23.0 Å². The Kier molecular flexibility index (Phi) is 9.01. The molecule has 0 bridgehead atoms. The van der Waals surface area contributed by atoms with E-state index < -0.39 is 12.8 Å². The van der Waals surface area contributed by atoms with Gasteiger partial charge < -0.3 is 24.2 Å². The van der Waals surface area contributed by atoms with Crippen molar-refractivity contribution in [1.29, 1.82) is 0 Å². The van der Waals surface area contributed by atoms with Crippen molar-refractivity contribution in [3.05, 3.63) is 48.2 Å². The van der Waals surface area contributed by atoms with Crippen LogP contribution >= 0.6 is 0 Å². The molecule has 1 saturated carbocycles. The van der Waals surface area contributed by atoms with Crippen LogP contribution in [0.2, 0.25) is 0 Å². The Bertz CT molecular complexity index is 1990. The second-order valence-electron chi connectivity index (χ2n) is 14.9. The Morgan fingerprint density at radius 2 is 1.79 bits per heavy atom. The number of anilines is 2. The summed E-state index contributed by atoms with van der Waals surface area (Å²) in [7, 11) is 1.70. The van der Waals surface area contributed by atoms with Gasteiger partial charge in [0.25, 0.3) is 0 Å². The van der Waals surface area contributed by atoms with E-state index in [1.165, 1.54) is 6.08 Å². The number of carbonyl (C=O) groups is 1. The van der Waals surface area contributed by atoms with Crippen LogP contribution in [0.25, 0.3) is 32.9 Å². The number of H-pyrrole nitrogens is 1. The molecule has 4 aliphatic rings. The van der Waals surface area contributed by atoms with Crippen molar-refractivity contribution in [3.63, 3.8) is 0 Å². The van der Waals surface area contributed by atoms with Crippen molar-refractivity contribution < 1.29 is 27.4 Å². The predicted octanol–water partition coefficient (Wildman–Crippen LogP) is 5.68. The monoisotopic (exact) mass is 718 g/mol. The van der Waals surface area contributed by atoms with E-state index in [9.17, 15) is 18.0 Å².